The van der Waals surface area contributed by atoms with Crippen LogP contribution in [0.1, 0.15) is 45.5 Å². The molecule has 1 N–H and O–H groups in total. The van der Waals surface area contributed by atoms with E-state index in [0.29, 0.717) is 30.4 Å². The van der Waals surface area contributed by atoms with Crippen molar-refractivity contribution in [1.29, 1.82) is 0 Å². The van der Waals surface area contributed by atoms with Gasteiger partial charge in [0.2, 0.25) is 0 Å². The lowest BCUT2D eigenvalue weighted by Gasteiger charge is -2.22. The van der Waals surface area contributed by atoms with Gasteiger partial charge < -0.3 is 14.3 Å². The maximum atomic E-state index is 13.7. The Labute approximate surface area is 271 Å². The molecule has 0 radical (unpaired) electrons. The second kappa shape index (κ2) is 14.0. The number of halogens is 2. The maximum absolute atomic E-state index is 13.7. The zero-order valence-corrected chi connectivity index (χ0v) is 26.4. The van der Waals surface area contributed by atoms with Crippen LogP contribution in [0.25, 0.3) is 0 Å². The summed E-state index contributed by atoms with van der Waals surface area (Å²) in [4.78, 5) is 26.2. The number of benzene rings is 3. The number of amides is 2. The monoisotopic (exact) mass is 686 g/mol. The normalized spacial score (nSPS) is 14.4. The van der Waals surface area contributed by atoms with Gasteiger partial charge in [-0.25, -0.2) is 9.40 Å². The SMILES string of the molecule is O=C(NCc1nnc(SCC(=O)N2N=C(c3ccc(Br)cc3)C[C@@H]2c2ccc(F)cc2)n1CCc1ccccc1)c1ccco1. The first-order valence-electron chi connectivity index (χ1n) is 14.3. The van der Waals surface area contributed by atoms with Crippen molar-refractivity contribution in [1.82, 2.24) is 25.1 Å². The molecule has 12 heteroatoms. The minimum atomic E-state index is -0.374. The van der Waals surface area contributed by atoms with Crippen LogP contribution in [0.5, 0.6) is 0 Å². The molecule has 6 rings (SSSR count). The lowest BCUT2D eigenvalue weighted by atomic mass is 9.98. The fraction of sp³-hybridized carbons (Fsp3) is 0.182. The van der Waals surface area contributed by atoms with E-state index in [-0.39, 0.29) is 41.7 Å². The molecule has 0 saturated heterocycles. The average molecular weight is 688 g/mol. The number of aromatic nitrogens is 3. The number of carbonyl (C=O) groups is 2. The van der Waals surface area contributed by atoms with Crippen LogP contribution in [-0.2, 0) is 24.3 Å². The Morgan fingerprint density at radius 2 is 1.76 bits per heavy atom. The van der Waals surface area contributed by atoms with Crippen molar-refractivity contribution in [3.05, 3.63) is 136 Å². The van der Waals surface area contributed by atoms with E-state index in [0.717, 1.165) is 26.9 Å². The van der Waals surface area contributed by atoms with Crippen LogP contribution in [0, 0.1) is 5.82 Å². The molecular weight excluding hydrogens is 659 g/mol. The Kier molecular flexibility index (Phi) is 9.51. The van der Waals surface area contributed by atoms with Crippen LogP contribution in [0.15, 0.2) is 116 Å². The Bertz CT molecular complexity index is 1790. The van der Waals surface area contributed by atoms with Crippen LogP contribution in [0.2, 0.25) is 0 Å². The van der Waals surface area contributed by atoms with E-state index in [1.807, 2.05) is 59.2 Å². The van der Waals surface area contributed by atoms with Gasteiger partial charge in [-0.1, -0.05) is 82.3 Å². The standard InChI is InChI=1S/C33H28BrFN6O3S/c34-25-12-8-23(9-13-25)27-19-28(24-10-14-26(35)15-11-24)41(39-27)31(42)21-45-33-38-37-30(20-36-32(43)29-7-4-18-44-29)40(33)17-16-22-5-2-1-3-6-22/h1-15,18,28H,16-17,19-21H2,(H,36,43)/t28-/m1/s1. The molecule has 0 fully saturated rings. The zero-order chi connectivity index (χ0) is 31.2. The van der Waals surface area contributed by atoms with Crippen molar-refractivity contribution in [2.45, 2.75) is 37.1 Å². The zero-order valence-electron chi connectivity index (χ0n) is 24.0. The minimum Gasteiger partial charge on any atom is -0.459 e. The average Bonchev–Trinajstić information content (AvgIpc) is 3.84. The first kappa shape index (κ1) is 30.5. The largest absolute Gasteiger partial charge is 0.459 e. The summed E-state index contributed by atoms with van der Waals surface area (Å²) in [5, 5.41) is 18.3. The van der Waals surface area contributed by atoms with Crippen molar-refractivity contribution >= 4 is 45.2 Å². The number of furan rings is 1. The van der Waals surface area contributed by atoms with Gasteiger partial charge in [0, 0.05) is 17.4 Å². The van der Waals surface area contributed by atoms with E-state index in [1.54, 1.807) is 24.3 Å². The third kappa shape index (κ3) is 7.40. The molecule has 0 unspecified atom stereocenters. The fourth-order valence-electron chi connectivity index (χ4n) is 5.01. The highest BCUT2D eigenvalue weighted by Gasteiger charge is 2.33. The van der Waals surface area contributed by atoms with Gasteiger partial charge in [-0.15, -0.1) is 10.2 Å². The third-order valence-corrected chi connectivity index (χ3v) is 8.82. The van der Waals surface area contributed by atoms with Crippen LogP contribution < -0.4 is 5.32 Å². The Morgan fingerprint density at radius 1 is 0.978 bits per heavy atom. The molecule has 0 bridgehead atoms. The van der Waals surface area contributed by atoms with E-state index in [4.69, 9.17) is 9.52 Å². The summed E-state index contributed by atoms with van der Waals surface area (Å²) >= 11 is 4.72. The molecule has 1 aliphatic heterocycles. The van der Waals surface area contributed by atoms with Gasteiger partial charge in [0.25, 0.3) is 11.8 Å². The highest BCUT2D eigenvalue weighted by atomic mass is 79.9. The first-order chi connectivity index (χ1) is 21.9. The van der Waals surface area contributed by atoms with Gasteiger partial charge in [0.15, 0.2) is 16.7 Å². The highest BCUT2D eigenvalue weighted by Crippen LogP contribution is 2.34. The molecular formula is C33H28BrFN6O3S. The number of hydrazone groups is 1. The molecule has 9 nitrogen and oxygen atoms in total. The van der Waals surface area contributed by atoms with E-state index in [2.05, 4.69) is 31.4 Å². The van der Waals surface area contributed by atoms with Crippen molar-refractivity contribution in [3.63, 3.8) is 0 Å². The summed E-state index contributed by atoms with van der Waals surface area (Å²) < 4.78 is 21.8. The van der Waals surface area contributed by atoms with E-state index >= 15 is 0 Å². The molecule has 1 atom stereocenters. The molecule has 3 heterocycles. The smallest absolute Gasteiger partial charge is 0.287 e. The van der Waals surface area contributed by atoms with Crippen molar-refractivity contribution in [3.8, 4) is 0 Å². The van der Waals surface area contributed by atoms with Gasteiger partial charge >= 0.3 is 0 Å². The van der Waals surface area contributed by atoms with Crippen LogP contribution >= 0.6 is 27.7 Å². The molecule has 0 aliphatic carbocycles. The number of thioether (sulfide) groups is 1. The Morgan fingerprint density at radius 3 is 2.49 bits per heavy atom. The van der Waals surface area contributed by atoms with Gasteiger partial charge in [0.05, 0.1) is 30.3 Å². The molecule has 5 aromatic rings. The summed E-state index contributed by atoms with van der Waals surface area (Å²) in [7, 11) is 0. The lowest BCUT2D eigenvalue weighted by molar-refractivity contribution is -0.130. The number of rotatable bonds is 11. The van der Waals surface area contributed by atoms with Gasteiger partial charge in [-0.2, -0.15) is 5.10 Å². The number of hydrogen-bond acceptors (Lipinski definition) is 7. The molecule has 2 amide bonds. The highest BCUT2D eigenvalue weighted by molar-refractivity contribution is 9.10. The van der Waals surface area contributed by atoms with Gasteiger partial charge in [-0.3, -0.25) is 9.59 Å². The van der Waals surface area contributed by atoms with Gasteiger partial charge in [0.1, 0.15) is 5.82 Å². The minimum absolute atomic E-state index is 0.0526. The summed E-state index contributed by atoms with van der Waals surface area (Å²) in [6, 6.07) is 26.8. The number of nitrogens with zero attached hydrogens (tertiary/aromatic N) is 5. The Hall–Kier alpha value is -4.55. The molecule has 45 heavy (non-hydrogen) atoms. The van der Waals surface area contributed by atoms with E-state index in [1.165, 1.54) is 35.2 Å². The summed E-state index contributed by atoms with van der Waals surface area (Å²) in [6.45, 7) is 0.683. The summed E-state index contributed by atoms with van der Waals surface area (Å²) in [5.41, 5.74) is 3.62. The van der Waals surface area contributed by atoms with Gasteiger partial charge in [-0.05, 0) is 59.5 Å². The molecule has 0 saturated carbocycles. The predicted octanol–water partition coefficient (Wildman–Crippen LogP) is 6.42. The third-order valence-electron chi connectivity index (χ3n) is 7.34. The number of nitrogens with one attached hydrogen (secondary N) is 1. The number of carbonyl (C=O) groups excluding carboxylic acids is 2. The second-order valence-electron chi connectivity index (χ2n) is 10.3. The number of hydrogen-bond donors (Lipinski definition) is 1. The van der Waals surface area contributed by atoms with Crippen LogP contribution in [0.4, 0.5) is 4.39 Å². The van der Waals surface area contributed by atoms with E-state index < -0.39 is 0 Å². The van der Waals surface area contributed by atoms with Crippen molar-refractivity contribution in [2.24, 2.45) is 5.10 Å². The lowest BCUT2D eigenvalue weighted by Crippen LogP contribution is -2.28. The molecule has 2 aromatic heterocycles. The predicted molar refractivity (Wildman–Crippen MR) is 172 cm³/mol. The summed E-state index contributed by atoms with van der Waals surface area (Å²) in [6.07, 6.45) is 2.64. The maximum Gasteiger partial charge on any atom is 0.287 e. The number of aryl methyl sites for hydroxylation is 1. The summed E-state index contributed by atoms with van der Waals surface area (Å²) in [5.74, 6) is -0.104. The molecule has 0 spiro atoms. The second-order valence-corrected chi connectivity index (χ2v) is 12.2. The van der Waals surface area contributed by atoms with Crippen molar-refractivity contribution < 1.29 is 18.4 Å². The van der Waals surface area contributed by atoms with Crippen molar-refractivity contribution in [2.75, 3.05) is 5.75 Å². The fourth-order valence-corrected chi connectivity index (χ4v) is 6.12. The van der Waals surface area contributed by atoms with E-state index in [9.17, 15) is 14.0 Å². The Balaban J connectivity index is 1.21. The van der Waals surface area contributed by atoms with Crippen LogP contribution in [-0.4, -0.2) is 43.1 Å². The molecule has 228 valence electrons. The molecule has 1 aliphatic rings. The molecule has 3 aromatic carbocycles. The topological polar surface area (TPSA) is 106 Å². The van der Waals surface area contributed by atoms with Crippen LogP contribution in [0.3, 0.4) is 0 Å². The first-order valence-corrected chi connectivity index (χ1v) is 16.0. The quantitative estimate of drug-likeness (QED) is 0.161.